The first-order valence-corrected chi connectivity index (χ1v) is 10.2. The van der Waals surface area contributed by atoms with Crippen molar-refractivity contribution in [3.05, 3.63) is 22.1 Å². The Labute approximate surface area is 130 Å². The van der Waals surface area contributed by atoms with E-state index in [1.54, 1.807) is 0 Å². The van der Waals surface area contributed by atoms with Crippen LogP contribution < -0.4 is 14.9 Å². The van der Waals surface area contributed by atoms with E-state index < -0.39 is 29.0 Å². The molecule has 17 heteroatoms. The van der Waals surface area contributed by atoms with Gasteiger partial charge in [-0.05, 0) is 0 Å². The Bertz CT molecular complexity index is 769. The standard InChI is InChI=1S/C5H8N2O11P3Se/c1-3-2-7(5(22)6-4(3)8)16-20(12,13)18-21(14,15)17-19(9,10)11/h2H,1H3,(H,12,13)(H,14,15)(H2,9,10,11). The zero-order chi connectivity index (χ0) is 17.3. The molecule has 13 nitrogen and oxygen atoms in total. The van der Waals surface area contributed by atoms with E-state index in [-0.39, 0.29) is 10.3 Å². The molecule has 125 valence electrons. The van der Waals surface area contributed by atoms with E-state index in [2.05, 4.69) is 34.2 Å². The predicted octanol–water partition coefficient (Wildman–Crippen LogP) is -1.90. The van der Waals surface area contributed by atoms with Crippen molar-refractivity contribution in [2.75, 3.05) is 0 Å². The number of aryl methyl sites for hydroxylation is 1. The molecule has 1 heterocycles. The van der Waals surface area contributed by atoms with Gasteiger partial charge >= 0.3 is 129 Å². The number of aromatic nitrogens is 2. The van der Waals surface area contributed by atoms with Crippen LogP contribution in [0.1, 0.15) is 5.56 Å². The van der Waals surface area contributed by atoms with Gasteiger partial charge in [0.15, 0.2) is 0 Å². The molecule has 0 saturated carbocycles. The molecular weight excluding hydrogens is 436 g/mol. The van der Waals surface area contributed by atoms with E-state index in [4.69, 9.17) is 14.7 Å². The second-order valence-electron chi connectivity index (χ2n) is 3.51. The van der Waals surface area contributed by atoms with Crippen molar-refractivity contribution in [1.82, 2.24) is 9.71 Å². The average Bonchev–Trinajstić information content (AvgIpc) is 2.19. The third kappa shape index (κ3) is 6.41. The second kappa shape index (κ2) is 6.64. The topological polar surface area (TPSA) is 195 Å². The molecular formula is C5H8N2O11P3Se. The molecule has 0 spiro atoms. The van der Waals surface area contributed by atoms with Crippen molar-refractivity contribution < 1.29 is 46.5 Å². The van der Waals surface area contributed by atoms with Crippen molar-refractivity contribution in [1.29, 1.82) is 0 Å². The molecule has 22 heavy (non-hydrogen) atoms. The van der Waals surface area contributed by atoms with Crippen molar-refractivity contribution in [2.24, 2.45) is 0 Å². The van der Waals surface area contributed by atoms with Gasteiger partial charge in [0.05, 0.1) is 0 Å². The molecule has 2 atom stereocenters. The van der Waals surface area contributed by atoms with Gasteiger partial charge < -0.3 is 0 Å². The summed E-state index contributed by atoms with van der Waals surface area (Å²) in [6.45, 7) is 1.30. The van der Waals surface area contributed by atoms with Gasteiger partial charge in [-0.25, -0.2) is 0 Å². The number of rotatable bonds is 6. The van der Waals surface area contributed by atoms with Gasteiger partial charge in [-0.1, -0.05) is 0 Å². The first kappa shape index (κ1) is 19.7. The number of hydrogen-bond acceptors (Lipinski definition) is 8. The molecule has 0 amide bonds. The average molecular weight is 444 g/mol. The van der Waals surface area contributed by atoms with Gasteiger partial charge in [-0.2, -0.15) is 0 Å². The summed E-state index contributed by atoms with van der Waals surface area (Å²) in [6, 6.07) is 0. The first-order chi connectivity index (χ1) is 9.71. The van der Waals surface area contributed by atoms with Crippen LogP contribution in [0.15, 0.2) is 11.0 Å². The van der Waals surface area contributed by atoms with Crippen LogP contribution in [0.4, 0.5) is 0 Å². The van der Waals surface area contributed by atoms with Gasteiger partial charge in [0.2, 0.25) is 0 Å². The third-order valence-electron chi connectivity index (χ3n) is 1.64. The van der Waals surface area contributed by atoms with Crippen LogP contribution in [0.25, 0.3) is 0 Å². The maximum atomic E-state index is 11.5. The molecule has 1 rings (SSSR count). The first-order valence-electron chi connectivity index (χ1n) is 4.82. The van der Waals surface area contributed by atoms with Crippen molar-refractivity contribution >= 4 is 44.2 Å². The molecule has 0 fully saturated rings. The van der Waals surface area contributed by atoms with Gasteiger partial charge in [-0.15, -0.1) is 0 Å². The second-order valence-corrected chi connectivity index (χ2v) is 8.60. The fraction of sp³-hybridized carbons (Fsp3) is 0.200. The van der Waals surface area contributed by atoms with E-state index in [0.29, 0.717) is 4.73 Å². The fourth-order valence-electron chi connectivity index (χ4n) is 0.975. The molecule has 1 radical (unpaired) electrons. The van der Waals surface area contributed by atoms with Crippen LogP contribution in [0.2, 0.25) is 0 Å². The van der Waals surface area contributed by atoms with Gasteiger partial charge in [0.1, 0.15) is 0 Å². The van der Waals surface area contributed by atoms with Gasteiger partial charge in [-0.3, -0.25) is 0 Å². The molecule has 2 unspecified atom stereocenters. The number of phosphoric acid groups is 3. The summed E-state index contributed by atoms with van der Waals surface area (Å²) < 4.78 is 44.6. The Hall–Kier alpha value is -0.351. The summed E-state index contributed by atoms with van der Waals surface area (Å²) in [5, 5.41) is 0. The third-order valence-corrected chi connectivity index (χ3v) is 5.92. The summed E-state index contributed by atoms with van der Waals surface area (Å²) >= 11 is 2.21. The molecule has 1 aromatic heterocycles. The summed E-state index contributed by atoms with van der Waals surface area (Å²) in [5.74, 6) is 0. The normalized spacial score (nSPS) is 17.5. The maximum absolute atomic E-state index is 11.5. The zero-order valence-corrected chi connectivity index (χ0v) is 14.8. The molecule has 4 N–H and O–H groups in total. The SMILES string of the molecule is Cc1cn(OP(=O)(O)OP(=O)(O)OP(=O)(O)O)c([Se])nc1=O. The van der Waals surface area contributed by atoms with Crippen molar-refractivity contribution in [3.63, 3.8) is 0 Å². The van der Waals surface area contributed by atoms with Crippen LogP contribution in [0.3, 0.4) is 0 Å². The Balaban J connectivity index is 3.00. The Morgan fingerprint density at radius 2 is 1.68 bits per heavy atom. The van der Waals surface area contributed by atoms with E-state index in [1.165, 1.54) is 6.92 Å². The predicted molar refractivity (Wildman–Crippen MR) is 69.1 cm³/mol. The zero-order valence-electron chi connectivity index (χ0n) is 10.4. The molecule has 1 aromatic rings. The van der Waals surface area contributed by atoms with Crippen molar-refractivity contribution in [3.8, 4) is 0 Å². The summed E-state index contributed by atoms with van der Waals surface area (Å²) in [4.78, 5) is 49.5. The van der Waals surface area contributed by atoms with E-state index >= 15 is 0 Å². The Morgan fingerprint density at radius 1 is 1.14 bits per heavy atom. The van der Waals surface area contributed by atoms with E-state index in [1.807, 2.05) is 0 Å². The fourth-order valence-corrected chi connectivity index (χ4v) is 4.43. The van der Waals surface area contributed by atoms with Crippen LogP contribution in [-0.2, 0) is 22.3 Å². The molecule has 0 aliphatic heterocycles. The Kier molecular flexibility index (Phi) is 5.95. The molecule has 0 aliphatic rings. The minimum absolute atomic E-state index is 0.00218. The van der Waals surface area contributed by atoms with Crippen LogP contribution in [0.5, 0.6) is 0 Å². The molecule has 0 aliphatic carbocycles. The molecule has 0 bridgehead atoms. The monoisotopic (exact) mass is 445 g/mol. The number of nitrogens with zero attached hydrogens (tertiary/aromatic N) is 2. The minimum atomic E-state index is -5.62. The van der Waals surface area contributed by atoms with Crippen molar-refractivity contribution in [2.45, 2.75) is 6.92 Å². The van der Waals surface area contributed by atoms with E-state index in [0.717, 1.165) is 6.20 Å². The van der Waals surface area contributed by atoms with Crippen LogP contribution in [0, 0.1) is 6.92 Å². The summed E-state index contributed by atoms with van der Waals surface area (Å²) in [7, 11) is -16.5. The quantitative estimate of drug-likeness (QED) is 0.282. The summed E-state index contributed by atoms with van der Waals surface area (Å²) in [5.41, 5.74) is -0.669. The summed E-state index contributed by atoms with van der Waals surface area (Å²) in [6.07, 6.45) is 0.916. The number of hydrogen-bond donors (Lipinski definition) is 4. The molecule has 0 saturated heterocycles. The van der Waals surface area contributed by atoms with Crippen LogP contribution >= 0.6 is 23.5 Å². The van der Waals surface area contributed by atoms with E-state index in [9.17, 15) is 23.4 Å². The Morgan fingerprint density at radius 3 is 2.18 bits per heavy atom. The molecule has 0 aromatic carbocycles. The van der Waals surface area contributed by atoms with Crippen LogP contribution in [-0.4, -0.2) is 45.3 Å². The van der Waals surface area contributed by atoms with Gasteiger partial charge in [0, 0.05) is 0 Å². The van der Waals surface area contributed by atoms with Gasteiger partial charge in [0.25, 0.3) is 0 Å².